The van der Waals surface area contributed by atoms with Crippen molar-refractivity contribution in [2.45, 2.75) is 34.6 Å². The van der Waals surface area contributed by atoms with E-state index in [0.717, 1.165) is 0 Å². The summed E-state index contributed by atoms with van der Waals surface area (Å²) in [4.78, 5) is 10.6. The third-order valence-electron chi connectivity index (χ3n) is 1.48. The molecule has 0 bridgehead atoms. The second-order valence-electron chi connectivity index (χ2n) is 2.65. The second-order valence-corrected chi connectivity index (χ2v) is 3.06. The van der Waals surface area contributed by atoms with Crippen molar-refractivity contribution in [2.75, 3.05) is 0 Å². The minimum atomic E-state index is -0.0561. The van der Waals surface area contributed by atoms with Gasteiger partial charge in [0.1, 0.15) is 5.75 Å². The van der Waals surface area contributed by atoms with Gasteiger partial charge in [-0.3, -0.25) is 4.79 Å². The fourth-order valence-electron chi connectivity index (χ4n) is 0.866. The fourth-order valence-corrected chi connectivity index (χ4v) is 1.05. The zero-order valence-corrected chi connectivity index (χ0v) is 11.9. The lowest BCUT2D eigenvalue weighted by Crippen LogP contribution is -1.81. The molecule has 0 saturated heterocycles. The smallest absolute Gasteiger partial charge is 0.152 e. The Balaban J connectivity index is 0. The number of carbonyl (C=O) groups is 1. The van der Waals surface area contributed by atoms with Gasteiger partial charge in [0.2, 0.25) is 0 Å². The fraction of sp³-hybridized carbons (Fsp3) is 0.357. The van der Waals surface area contributed by atoms with Crippen LogP contribution in [0.15, 0.2) is 24.3 Å². The molecule has 0 aromatic heterocycles. The van der Waals surface area contributed by atoms with E-state index in [4.69, 9.17) is 16.7 Å². The predicted molar refractivity (Wildman–Crippen MR) is 75.5 cm³/mol. The second kappa shape index (κ2) is 11.2. The Morgan fingerprint density at radius 2 is 1.76 bits per heavy atom. The third-order valence-corrected chi connectivity index (χ3v) is 1.82. The SMILES string of the molecule is CC.CC.CC(=O)/C=C/c1cc(O)ccc1Cl. The number of carbonyl (C=O) groups excluding carboxylic acids is 1. The average molecular weight is 257 g/mol. The molecule has 1 aromatic rings. The van der Waals surface area contributed by atoms with E-state index in [1.807, 2.05) is 27.7 Å². The molecule has 0 aliphatic rings. The van der Waals surface area contributed by atoms with Gasteiger partial charge in [0.25, 0.3) is 0 Å². The van der Waals surface area contributed by atoms with Crippen molar-refractivity contribution < 1.29 is 9.90 Å². The van der Waals surface area contributed by atoms with Crippen molar-refractivity contribution in [1.29, 1.82) is 0 Å². The van der Waals surface area contributed by atoms with Crippen molar-refractivity contribution in [3.63, 3.8) is 0 Å². The van der Waals surface area contributed by atoms with Crippen molar-refractivity contribution >= 4 is 23.5 Å². The molecule has 0 radical (unpaired) electrons. The monoisotopic (exact) mass is 256 g/mol. The first-order valence-corrected chi connectivity index (χ1v) is 6.14. The van der Waals surface area contributed by atoms with Crippen molar-refractivity contribution in [2.24, 2.45) is 0 Å². The first-order valence-electron chi connectivity index (χ1n) is 5.77. The Labute approximate surface area is 109 Å². The lowest BCUT2D eigenvalue weighted by molar-refractivity contribution is -0.112. The molecular formula is C14H21ClO2. The normalized spacial score (nSPS) is 8.82. The van der Waals surface area contributed by atoms with Crippen LogP contribution in [0, 0.1) is 0 Å². The van der Waals surface area contributed by atoms with Crippen molar-refractivity contribution in [3.8, 4) is 5.75 Å². The zero-order chi connectivity index (χ0) is 13.8. The summed E-state index contributed by atoms with van der Waals surface area (Å²) in [5.74, 6) is 0.0759. The molecule has 0 amide bonds. The van der Waals surface area contributed by atoms with Crippen LogP contribution in [0.2, 0.25) is 5.02 Å². The maximum absolute atomic E-state index is 10.6. The van der Waals surface area contributed by atoms with Crippen LogP contribution >= 0.6 is 11.6 Å². The predicted octanol–water partition coefficient (Wildman–Crippen LogP) is 4.70. The first kappa shape index (κ1) is 18.1. The Hall–Kier alpha value is -1.28. The molecule has 2 nitrogen and oxygen atoms in total. The highest BCUT2D eigenvalue weighted by Crippen LogP contribution is 2.22. The van der Waals surface area contributed by atoms with Crippen LogP contribution in [0.1, 0.15) is 40.2 Å². The number of ketones is 1. The molecule has 0 aliphatic carbocycles. The number of hydrogen-bond acceptors (Lipinski definition) is 2. The highest BCUT2D eigenvalue weighted by Gasteiger charge is 1.97. The number of allylic oxidation sites excluding steroid dienone is 1. The van der Waals surface area contributed by atoms with E-state index in [1.165, 1.54) is 25.1 Å². The Kier molecular flexibility index (Phi) is 11.9. The van der Waals surface area contributed by atoms with Gasteiger partial charge in [-0.1, -0.05) is 39.3 Å². The van der Waals surface area contributed by atoms with E-state index in [2.05, 4.69) is 0 Å². The molecule has 96 valence electrons. The number of aromatic hydroxyl groups is 1. The summed E-state index contributed by atoms with van der Waals surface area (Å²) in [5.41, 5.74) is 0.636. The minimum absolute atomic E-state index is 0.0561. The van der Waals surface area contributed by atoms with Crippen LogP contribution in [-0.4, -0.2) is 10.9 Å². The minimum Gasteiger partial charge on any atom is -0.508 e. The van der Waals surface area contributed by atoms with E-state index in [-0.39, 0.29) is 11.5 Å². The molecule has 0 heterocycles. The number of phenolic OH excluding ortho intramolecular Hbond substituents is 1. The van der Waals surface area contributed by atoms with Gasteiger partial charge in [0.05, 0.1) is 0 Å². The van der Waals surface area contributed by atoms with E-state index < -0.39 is 0 Å². The van der Waals surface area contributed by atoms with Gasteiger partial charge in [-0.05, 0) is 42.8 Å². The lowest BCUT2D eigenvalue weighted by atomic mass is 10.2. The molecule has 0 atom stereocenters. The summed E-state index contributed by atoms with van der Waals surface area (Å²) in [6.45, 7) is 9.45. The van der Waals surface area contributed by atoms with Gasteiger partial charge >= 0.3 is 0 Å². The van der Waals surface area contributed by atoms with Crippen LogP contribution in [0.4, 0.5) is 0 Å². The van der Waals surface area contributed by atoms with E-state index in [1.54, 1.807) is 12.1 Å². The van der Waals surface area contributed by atoms with Crippen LogP contribution in [0.5, 0.6) is 5.75 Å². The Morgan fingerprint density at radius 3 is 2.24 bits per heavy atom. The summed E-state index contributed by atoms with van der Waals surface area (Å²) in [7, 11) is 0. The molecule has 0 aliphatic heterocycles. The van der Waals surface area contributed by atoms with Gasteiger partial charge in [-0.2, -0.15) is 0 Å². The largest absolute Gasteiger partial charge is 0.508 e. The molecule has 17 heavy (non-hydrogen) atoms. The van der Waals surface area contributed by atoms with E-state index in [9.17, 15) is 4.79 Å². The number of rotatable bonds is 2. The third kappa shape index (κ3) is 8.52. The molecule has 0 saturated carbocycles. The van der Waals surface area contributed by atoms with E-state index in [0.29, 0.717) is 10.6 Å². The summed E-state index contributed by atoms with van der Waals surface area (Å²) >= 11 is 5.81. The summed E-state index contributed by atoms with van der Waals surface area (Å²) in [6, 6.07) is 4.58. The maximum atomic E-state index is 10.6. The quantitative estimate of drug-likeness (QED) is 0.779. The van der Waals surface area contributed by atoms with Gasteiger partial charge in [-0.25, -0.2) is 0 Å². The molecule has 3 heteroatoms. The molecule has 0 spiro atoms. The first-order chi connectivity index (χ1) is 8.09. The topological polar surface area (TPSA) is 37.3 Å². The molecule has 1 N–H and O–H groups in total. The summed E-state index contributed by atoms with van der Waals surface area (Å²) < 4.78 is 0. The standard InChI is InChI=1S/C10H9ClO2.2C2H6/c1-7(12)2-3-8-6-9(13)4-5-10(8)11;2*1-2/h2-6,13H,1H3;2*1-2H3/b3-2+;;. The number of benzene rings is 1. The van der Waals surface area contributed by atoms with Gasteiger partial charge in [0.15, 0.2) is 5.78 Å². The molecule has 0 unspecified atom stereocenters. The van der Waals surface area contributed by atoms with Crippen LogP contribution in [0.25, 0.3) is 6.08 Å². The summed E-state index contributed by atoms with van der Waals surface area (Å²) in [5, 5.41) is 9.63. The van der Waals surface area contributed by atoms with Crippen LogP contribution in [-0.2, 0) is 4.79 Å². The Bertz CT molecular complexity index is 357. The lowest BCUT2D eigenvalue weighted by Gasteiger charge is -1.97. The van der Waals surface area contributed by atoms with Gasteiger partial charge in [-0.15, -0.1) is 0 Å². The van der Waals surface area contributed by atoms with Crippen LogP contribution in [0.3, 0.4) is 0 Å². The van der Waals surface area contributed by atoms with E-state index >= 15 is 0 Å². The maximum Gasteiger partial charge on any atom is 0.152 e. The van der Waals surface area contributed by atoms with Gasteiger partial charge in [0, 0.05) is 5.02 Å². The summed E-state index contributed by atoms with van der Waals surface area (Å²) in [6.07, 6.45) is 2.98. The number of halogens is 1. The number of phenols is 1. The van der Waals surface area contributed by atoms with Gasteiger partial charge < -0.3 is 5.11 Å². The Morgan fingerprint density at radius 1 is 1.24 bits per heavy atom. The molecule has 0 fully saturated rings. The molecule has 1 aromatic carbocycles. The number of hydrogen-bond donors (Lipinski definition) is 1. The van der Waals surface area contributed by atoms with Crippen molar-refractivity contribution in [3.05, 3.63) is 34.9 Å². The highest BCUT2D eigenvalue weighted by molar-refractivity contribution is 6.32. The van der Waals surface area contributed by atoms with Crippen molar-refractivity contribution in [1.82, 2.24) is 0 Å². The highest BCUT2D eigenvalue weighted by atomic mass is 35.5. The zero-order valence-electron chi connectivity index (χ0n) is 11.1. The average Bonchev–Trinajstić information content (AvgIpc) is 2.35. The molecule has 1 rings (SSSR count). The molecular weight excluding hydrogens is 236 g/mol. The van der Waals surface area contributed by atoms with Crippen LogP contribution < -0.4 is 0 Å².